The van der Waals surface area contributed by atoms with E-state index in [9.17, 15) is 19.5 Å². The van der Waals surface area contributed by atoms with Crippen LogP contribution in [0.1, 0.15) is 56.6 Å². The maximum Gasteiger partial charge on any atom is 0.336 e. The lowest BCUT2D eigenvalue weighted by Crippen LogP contribution is -2.29. The Morgan fingerprint density at radius 3 is 2.69 bits per heavy atom. The second-order valence-corrected chi connectivity index (χ2v) is 7.08. The highest BCUT2D eigenvalue weighted by Crippen LogP contribution is 2.29. The molecule has 0 aliphatic carbocycles. The first-order valence-corrected chi connectivity index (χ1v) is 10.1. The van der Waals surface area contributed by atoms with Crippen LogP contribution in [-0.4, -0.2) is 25.0 Å². The summed E-state index contributed by atoms with van der Waals surface area (Å²) in [4.78, 5) is 34.2. The summed E-state index contributed by atoms with van der Waals surface area (Å²) in [5, 5.41) is 14.0. The van der Waals surface area contributed by atoms with Crippen molar-refractivity contribution in [2.75, 3.05) is 13.2 Å². The van der Waals surface area contributed by atoms with Gasteiger partial charge in [0.25, 0.3) is 5.91 Å². The summed E-state index contributed by atoms with van der Waals surface area (Å²) in [6, 6.07) is 5.19. The average Bonchev–Trinajstić information content (AvgIpc) is 2.68. The Labute approximate surface area is 170 Å². The Kier molecular flexibility index (Phi) is 8.70. The number of hydrogen-bond acceptors (Lipinski definition) is 6. The average molecular weight is 402 g/mol. The van der Waals surface area contributed by atoms with E-state index in [0.717, 1.165) is 30.2 Å². The molecule has 2 aromatic rings. The minimum Gasteiger partial charge on any atom is -0.550 e. The predicted octanol–water partition coefficient (Wildman–Crippen LogP) is 2.25. The Morgan fingerprint density at radius 1 is 1.17 bits per heavy atom. The van der Waals surface area contributed by atoms with E-state index < -0.39 is 5.97 Å². The van der Waals surface area contributed by atoms with Crippen molar-refractivity contribution in [2.45, 2.75) is 58.8 Å². The van der Waals surface area contributed by atoms with Crippen LogP contribution in [0.2, 0.25) is 0 Å². The Morgan fingerprint density at radius 2 is 1.97 bits per heavy atom. The lowest BCUT2D eigenvalue weighted by Gasteiger charge is -2.12. The summed E-state index contributed by atoms with van der Waals surface area (Å²) in [5.41, 5.74) is 1.76. The van der Waals surface area contributed by atoms with Crippen LogP contribution in [0.15, 0.2) is 27.4 Å². The maximum absolute atomic E-state index is 11.9. The number of amides is 1. The monoisotopic (exact) mass is 402 g/mol. The molecular weight excluding hydrogens is 374 g/mol. The number of carboxylic acids is 1. The molecule has 0 unspecified atom stereocenters. The van der Waals surface area contributed by atoms with Gasteiger partial charge >= 0.3 is 5.63 Å². The van der Waals surface area contributed by atoms with Crippen LogP contribution in [0.25, 0.3) is 11.0 Å². The fourth-order valence-corrected chi connectivity index (χ4v) is 3.13. The van der Waals surface area contributed by atoms with Crippen LogP contribution in [0, 0.1) is 6.92 Å². The summed E-state index contributed by atoms with van der Waals surface area (Å²) in [7, 11) is 0. The number of unbranched alkanes of at least 4 members (excludes halogenated alkanes) is 3. The van der Waals surface area contributed by atoms with E-state index in [1.807, 2.05) is 6.07 Å². The first-order valence-electron chi connectivity index (χ1n) is 10.1. The fourth-order valence-electron chi connectivity index (χ4n) is 3.13. The lowest BCUT2D eigenvalue weighted by atomic mass is 10.0. The number of carbonyl (C=O) groups excluding carboxylic acids is 2. The van der Waals surface area contributed by atoms with E-state index in [0.29, 0.717) is 42.7 Å². The van der Waals surface area contributed by atoms with Crippen molar-refractivity contribution in [1.82, 2.24) is 5.32 Å². The molecule has 0 bridgehead atoms. The predicted molar refractivity (Wildman–Crippen MR) is 108 cm³/mol. The van der Waals surface area contributed by atoms with Crippen molar-refractivity contribution in [3.63, 3.8) is 0 Å². The summed E-state index contributed by atoms with van der Waals surface area (Å²) in [5.74, 6) is -0.818. The number of benzene rings is 1. The van der Waals surface area contributed by atoms with Crippen molar-refractivity contribution < 1.29 is 23.8 Å². The molecule has 0 aliphatic rings. The maximum atomic E-state index is 11.9. The zero-order valence-electron chi connectivity index (χ0n) is 17.0. The van der Waals surface area contributed by atoms with Gasteiger partial charge in [-0.25, -0.2) is 4.79 Å². The highest BCUT2D eigenvalue weighted by Gasteiger charge is 2.13. The van der Waals surface area contributed by atoms with Gasteiger partial charge in [0.1, 0.15) is 11.3 Å². The Bertz CT molecular complexity index is 902. The fraction of sp³-hybridized carbons (Fsp3) is 0.500. The first kappa shape index (κ1) is 22.5. The number of nitrogens with one attached hydrogen (secondary N) is 1. The van der Waals surface area contributed by atoms with Gasteiger partial charge in [0.15, 0.2) is 6.61 Å². The van der Waals surface area contributed by atoms with Crippen molar-refractivity contribution in [3.8, 4) is 5.75 Å². The largest absolute Gasteiger partial charge is 0.550 e. The molecular formula is C22H28NO6-. The third-order valence-corrected chi connectivity index (χ3v) is 4.74. The van der Waals surface area contributed by atoms with Gasteiger partial charge in [-0.1, -0.05) is 19.8 Å². The number of carboxylic acid groups (broad SMARTS) is 1. The molecule has 0 atom stereocenters. The second kappa shape index (κ2) is 11.2. The zero-order valence-corrected chi connectivity index (χ0v) is 17.0. The van der Waals surface area contributed by atoms with E-state index >= 15 is 0 Å². The van der Waals surface area contributed by atoms with Crippen molar-refractivity contribution >= 4 is 22.8 Å². The smallest absolute Gasteiger partial charge is 0.336 e. The minimum atomic E-state index is -1.05. The standard InChI is InChI=1S/C22H29NO6/c1-3-4-8-16-13-21(27)29-22-15(2)18(11-10-17(16)22)28-14-19(24)23-12-7-5-6-9-20(25)26/h10-11,13H,3-9,12,14H2,1-2H3,(H,23,24)(H,25,26)/p-1. The number of hydrogen-bond donors (Lipinski definition) is 1. The molecule has 158 valence electrons. The number of rotatable bonds is 12. The molecule has 7 nitrogen and oxygen atoms in total. The minimum absolute atomic E-state index is 0.0363. The molecule has 1 heterocycles. The summed E-state index contributed by atoms with van der Waals surface area (Å²) >= 11 is 0. The van der Waals surface area contributed by atoms with Gasteiger partial charge in [-0.3, -0.25) is 4.79 Å². The molecule has 0 spiro atoms. The van der Waals surface area contributed by atoms with Crippen LogP contribution >= 0.6 is 0 Å². The van der Waals surface area contributed by atoms with Crippen LogP contribution in [0.3, 0.4) is 0 Å². The highest BCUT2D eigenvalue weighted by atomic mass is 16.5. The molecule has 2 rings (SSSR count). The number of aliphatic carboxylic acids is 1. The molecule has 29 heavy (non-hydrogen) atoms. The van der Waals surface area contributed by atoms with E-state index in [1.54, 1.807) is 19.1 Å². The number of aryl methyl sites for hydroxylation is 2. The molecule has 0 radical (unpaired) electrons. The van der Waals surface area contributed by atoms with E-state index in [4.69, 9.17) is 9.15 Å². The molecule has 0 fully saturated rings. The Balaban J connectivity index is 1.93. The normalized spacial score (nSPS) is 10.8. The van der Waals surface area contributed by atoms with Crippen LogP contribution in [0.4, 0.5) is 0 Å². The first-order chi connectivity index (χ1) is 13.9. The zero-order chi connectivity index (χ0) is 21.2. The van der Waals surface area contributed by atoms with Crippen LogP contribution in [-0.2, 0) is 16.0 Å². The number of carbonyl (C=O) groups is 2. The highest BCUT2D eigenvalue weighted by molar-refractivity contribution is 5.85. The number of fused-ring (bicyclic) bond motifs is 1. The molecule has 1 aromatic heterocycles. The molecule has 1 aromatic carbocycles. The molecule has 0 saturated heterocycles. The van der Waals surface area contributed by atoms with Gasteiger partial charge in [0, 0.05) is 29.5 Å². The summed E-state index contributed by atoms with van der Waals surface area (Å²) < 4.78 is 11.0. The quantitative estimate of drug-likeness (QED) is 0.431. The van der Waals surface area contributed by atoms with Crippen molar-refractivity contribution in [2.24, 2.45) is 0 Å². The SMILES string of the molecule is CCCCc1cc(=O)oc2c(C)c(OCC(=O)NCCCCCC(=O)[O-])ccc12. The van der Waals surface area contributed by atoms with Crippen LogP contribution < -0.4 is 20.8 Å². The summed E-state index contributed by atoms with van der Waals surface area (Å²) in [6.45, 7) is 4.22. The lowest BCUT2D eigenvalue weighted by molar-refractivity contribution is -0.305. The van der Waals surface area contributed by atoms with Crippen LogP contribution in [0.5, 0.6) is 5.75 Å². The number of ether oxygens (including phenoxy) is 1. The molecule has 0 saturated carbocycles. The van der Waals surface area contributed by atoms with Crippen molar-refractivity contribution in [3.05, 3.63) is 39.7 Å². The van der Waals surface area contributed by atoms with Gasteiger partial charge in [-0.2, -0.15) is 0 Å². The van der Waals surface area contributed by atoms with E-state index in [2.05, 4.69) is 12.2 Å². The van der Waals surface area contributed by atoms with Gasteiger partial charge in [-0.05, 0) is 56.7 Å². The molecule has 1 N–H and O–H groups in total. The topological polar surface area (TPSA) is 109 Å². The van der Waals surface area contributed by atoms with Gasteiger partial charge in [-0.15, -0.1) is 0 Å². The van der Waals surface area contributed by atoms with Gasteiger partial charge in [0.05, 0.1) is 0 Å². The van der Waals surface area contributed by atoms with Crippen molar-refractivity contribution in [1.29, 1.82) is 0 Å². The Hall–Kier alpha value is -2.83. The van der Waals surface area contributed by atoms with E-state index in [1.165, 1.54) is 0 Å². The third kappa shape index (κ3) is 6.93. The molecule has 0 aliphatic heterocycles. The van der Waals surface area contributed by atoms with E-state index in [-0.39, 0.29) is 24.6 Å². The second-order valence-electron chi connectivity index (χ2n) is 7.08. The molecule has 7 heteroatoms. The third-order valence-electron chi connectivity index (χ3n) is 4.74. The summed E-state index contributed by atoms with van der Waals surface area (Å²) in [6.07, 6.45) is 4.81. The van der Waals surface area contributed by atoms with Gasteiger partial charge < -0.3 is 24.4 Å². The molecule has 1 amide bonds. The van der Waals surface area contributed by atoms with Gasteiger partial charge in [0.2, 0.25) is 0 Å².